The van der Waals surface area contributed by atoms with E-state index < -0.39 is 12.0 Å². The number of anilines is 3. The summed E-state index contributed by atoms with van der Waals surface area (Å²) in [6.45, 7) is 4.00. The van der Waals surface area contributed by atoms with Gasteiger partial charge in [0.15, 0.2) is 6.10 Å². The first-order chi connectivity index (χ1) is 13.4. The standard InChI is InChI=1S/C21H21N3O4/c1-12-3-6-16(7-4-12)24-11-14(9-19(24)25)21(27)22-15-5-8-18-17(10-15)23-20(26)13(2)28-18/h3-8,10,13-14H,9,11H2,1-2H3,(H,22,27)(H,23,26). The second-order valence-electron chi connectivity index (χ2n) is 7.19. The summed E-state index contributed by atoms with van der Waals surface area (Å²) >= 11 is 0. The molecule has 2 heterocycles. The Labute approximate surface area is 162 Å². The first-order valence-corrected chi connectivity index (χ1v) is 9.20. The van der Waals surface area contributed by atoms with Gasteiger partial charge >= 0.3 is 0 Å². The number of rotatable bonds is 3. The molecule has 7 nitrogen and oxygen atoms in total. The fraction of sp³-hybridized carbons (Fsp3) is 0.286. The topological polar surface area (TPSA) is 87.7 Å². The highest BCUT2D eigenvalue weighted by Crippen LogP contribution is 2.33. The van der Waals surface area contributed by atoms with Crippen LogP contribution < -0.4 is 20.3 Å². The predicted octanol–water partition coefficient (Wildman–Crippen LogP) is 2.71. The molecule has 3 amide bonds. The molecule has 0 radical (unpaired) electrons. The molecule has 2 aliphatic heterocycles. The zero-order valence-corrected chi connectivity index (χ0v) is 15.7. The molecule has 4 rings (SSSR count). The highest BCUT2D eigenvalue weighted by atomic mass is 16.5. The molecule has 0 aromatic heterocycles. The molecule has 144 valence electrons. The number of carbonyl (C=O) groups excluding carboxylic acids is 3. The number of ether oxygens (including phenoxy) is 1. The Morgan fingerprint density at radius 2 is 1.93 bits per heavy atom. The molecular weight excluding hydrogens is 358 g/mol. The number of nitrogens with one attached hydrogen (secondary N) is 2. The Morgan fingerprint density at radius 1 is 1.18 bits per heavy atom. The number of nitrogens with zero attached hydrogens (tertiary/aromatic N) is 1. The lowest BCUT2D eigenvalue weighted by molar-refractivity contribution is -0.122. The van der Waals surface area contributed by atoms with Gasteiger partial charge in [-0.2, -0.15) is 0 Å². The van der Waals surface area contributed by atoms with Gasteiger partial charge < -0.3 is 20.3 Å². The van der Waals surface area contributed by atoms with E-state index in [0.717, 1.165) is 11.3 Å². The van der Waals surface area contributed by atoms with Gasteiger partial charge in [0.25, 0.3) is 5.91 Å². The predicted molar refractivity (Wildman–Crippen MR) is 105 cm³/mol. The van der Waals surface area contributed by atoms with E-state index in [4.69, 9.17) is 4.74 Å². The molecule has 2 aromatic rings. The maximum Gasteiger partial charge on any atom is 0.265 e. The Kier molecular flexibility index (Phi) is 4.50. The van der Waals surface area contributed by atoms with E-state index in [1.54, 1.807) is 30.0 Å². The fourth-order valence-electron chi connectivity index (χ4n) is 3.39. The fourth-order valence-corrected chi connectivity index (χ4v) is 3.39. The Balaban J connectivity index is 1.44. The molecule has 0 saturated carbocycles. The first kappa shape index (κ1) is 18.0. The Bertz CT molecular complexity index is 955. The summed E-state index contributed by atoms with van der Waals surface area (Å²) in [5.41, 5.74) is 2.98. The van der Waals surface area contributed by atoms with Gasteiger partial charge in [0, 0.05) is 24.3 Å². The van der Waals surface area contributed by atoms with Crippen molar-refractivity contribution in [3.8, 4) is 5.75 Å². The number of benzene rings is 2. The SMILES string of the molecule is Cc1ccc(N2CC(C(=O)Nc3ccc4c(c3)NC(=O)C(C)O4)CC2=O)cc1. The third-order valence-electron chi connectivity index (χ3n) is 5.02. The van der Waals surface area contributed by atoms with E-state index in [2.05, 4.69) is 10.6 Å². The molecule has 0 aliphatic carbocycles. The van der Waals surface area contributed by atoms with E-state index in [-0.39, 0.29) is 24.1 Å². The van der Waals surface area contributed by atoms with Crippen LogP contribution in [0.1, 0.15) is 18.9 Å². The van der Waals surface area contributed by atoms with Crippen LogP contribution in [0.2, 0.25) is 0 Å². The molecular formula is C21H21N3O4. The van der Waals surface area contributed by atoms with Crippen molar-refractivity contribution < 1.29 is 19.1 Å². The molecule has 1 fully saturated rings. The lowest BCUT2D eigenvalue weighted by atomic mass is 10.1. The summed E-state index contributed by atoms with van der Waals surface area (Å²) in [7, 11) is 0. The molecule has 2 N–H and O–H groups in total. The highest BCUT2D eigenvalue weighted by molar-refractivity contribution is 6.04. The van der Waals surface area contributed by atoms with Crippen molar-refractivity contribution in [3.63, 3.8) is 0 Å². The lowest BCUT2D eigenvalue weighted by Crippen LogP contribution is -2.34. The van der Waals surface area contributed by atoms with Gasteiger partial charge in [0.05, 0.1) is 11.6 Å². The smallest absolute Gasteiger partial charge is 0.265 e. The quantitative estimate of drug-likeness (QED) is 0.858. The number of fused-ring (bicyclic) bond motifs is 1. The Morgan fingerprint density at radius 3 is 2.68 bits per heavy atom. The third kappa shape index (κ3) is 3.43. The lowest BCUT2D eigenvalue weighted by Gasteiger charge is -2.24. The number of hydrogen-bond donors (Lipinski definition) is 2. The van der Waals surface area contributed by atoms with Crippen molar-refractivity contribution in [3.05, 3.63) is 48.0 Å². The number of aryl methyl sites for hydroxylation is 1. The van der Waals surface area contributed by atoms with Gasteiger partial charge in [-0.25, -0.2) is 0 Å². The highest BCUT2D eigenvalue weighted by Gasteiger charge is 2.35. The van der Waals surface area contributed by atoms with Crippen LogP contribution in [-0.2, 0) is 14.4 Å². The number of amides is 3. The zero-order chi connectivity index (χ0) is 19.8. The molecule has 2 atom stereocenters. The molecule has 2 unspecified atom stereocenters. The average Bonchev–Trinajstić information content (AvgIpc) is 3.05. The summed E-state index contributed by atoms with van der Waals surface area (Å²) in [4.78, 5) is 38.4. The van der Waals surface area contributed by atoms with Crippen molar-refractivity contribution in [1.82, 2.24) is 0 Å². The van der Waals surface area contributed by atoms with Crippen LogP contribution in [0.3, 0.4) is 0 Å². The normalized spacial score (nSPS) is 21.0. The summed E-state index contributed by atoms with van der Waals surface area (Å²) in [6, 6.07) is 12.8. The van der Waals surface area contributed by atoms with Crippen molar-refractivity contribution in [2.75, 3.05) is 22.1 Å². The minimum absolute atomic E-state index is 0.0657. The van der Waals surface area contributed by atoms with Crippen molar-refractivity contribution in [1.29, 1.82) is 0 Å². The van der Waals surface area contributed by atoms with Crippen LogP contribution in [0.4, 0.5) is 17.1 Å². The monoisotopic (exact) mass is 379 g/mol. The summed E-state index contributed by atoms with van der Waals surface area (Å²) in [5.74, 6) is -0.392. The zero-order valence-electron chi connectivity index (χ0n) is 15.7. The van der Waals surface area contributed by atoms with Crippen LogP contribution in [0.25, 0.3) is 0 Å². The first-order valence-electron chi connectivity index (χ1n) is 9.20. The van der Waals surface area contributed by atoms with E-state index in [1.807, 2.05) is 31.2 Å². The van der Waals surface area contributed by atoms with E-state index in [9.17, 15) is 14.4 Å². The number of hydrogen-bond acceptors (Lipinski definition) is 4. The second kappa shape index (κ2) is 6.99. The molecule has 7 heteroatoms. The van der Waals surface area contributed by atoms with Crippen molar-refractivity contribution >= 4 is 34.8 Å². The summed E-state index contributed by atoms with van der Waals surface area (Å²) < 4.78 is 5.51. The maximum atomic E-state index is 12.7. The molecule has 0 bridgehead atoms. The maximum absolute atomic E-state index is 12.7. The molecule has 28 heavy (non-hydrogen) atoms. The number of carbonyl (C=O) groups is 3. The van der Waals surface area contributed by atoms with Crippen LogP contribution in [0.15, 0.2) is 42.5 Å². The minimum atomic E-state index is -0.551. The van der Waals surface area contributed by atoms with Gasteiger partial charge in [0.2, 0.25) is 11.8 Å². The van der Waals surface area contributed by atoms with Crippen LogP contribution in [-0.4, -0.2) is 30.4 Å². The van der Waals surface area contributed by atoms with E-state index >= 15 is 0 Å². The molecule has 0 spiro atoms. The van der Waals surface area contributed by atoms with Gasteiger partial charge in [-0.05, 0) is 44.2 Å². The largest absolute Gasteiger partial charge is 0.479 e. The van der Waals surface area contributed by atoms with E-state index in [0.29, 0.717) is 23.7 Å². The second-order valence-corrected chi connectivity index (χ2v) is 7.19. The van der Waals surface area contributed by atoms with Crippen LogP contribution in [0, 0.1) is 12.8 Å². The van der Waals surface area contributed by atoms with Crippen molar-refractivity contribution in [2.24, 2.45) is 5.92 Å². The average molecular weight is 379 g/mol. The Hall–Kier alpha value is -3.35. The molecule has 1 saturated heterocycles. The third-order valence-corrected chi connectivity index (χ3v) is 5.02. The minimum Gasteiger partial charge on any atom is -0.479 e. The van der Waals surface area contributed by atoms with Crippen LogP contribution >= 0.6 is 0 Å². The van der Waals surface area contributed by atoms with Gasteiger partial charge in [0.1, 0.15) is 5.75 Å². The van der Waals surface area contributed by atoms with Crippen LogP contribution in [0.5, 0.6) is 5.75 Å². The van der Waals surface area contributed by atoms with E-state index in [1.165, 1.54) is 0 Å². The summed E-state index contributed by atoms with van der Waals surface area (Å²) in [5, 5.41) is 5.59. The molecule has 2 aromatic carbocycles. The van der Waals surface area contributed by atoms with Gasteiger partial charge in [-0.3, -0.25) is 14.4 Å². The summed E-state index contributed by atoms with van der Waals surface area (Å²) in [6.07, 6.45) is -0.382. The van der Waals surface area contributed by atoms with Gasteiger partial charge in [-0.15, -0.1) is 0 Å². The van der Waals surface area contributed by atoms with Crippen molar-refractivity contribution in [2.45, 2.75) is 26.4 Å². The molecule has 2 aliphatic rings. The van der Waals surface area contributed by atoms with Gasteiger partial charge in [-0.1, -0.05) is 17.7 Å².